The van der Waals surface area contributed by atoms with Gasteiger partial charge in [-0.15, -0.1) is 0 Å². The summed E-state index contributed by atoms with van der Waals surface area (Å²) in [5.41, 5.74) is 2.26. The van der Waals surface area contributed by atoms with Gasteiger partial charge in [0.1, 0.15) is 11.8 Å². The molecular formula is C13H11N5O2S. The number of carbonyl (C=O) groups is 1. The first kappa shape index (κ1) is 13.5. The normalized spacial score (nSPS) is 10.9. The second kappa shape index (κ2) is 5.88. The Morgan fingerprint density at radius 3 is 2.95 bits per heavy atom. The van der Waals surface area contributed by atoms with Crippen molar-refractivity contribution in [2.45, 2.75) is 11.7 Å². The molecule has 0 bridgehead atoms. The fourth-order valence-electron chi connectivity index (χ4n) is 1.89. The van der Waals surface area contributed by atoms with Crippen LogP contribution < -0.4 is 0 Å². The van der Waals surface area contributed by atoms with Crippen molar-refractivity contribution in [2.75, 3.05) is 5.75 Å². The number of rotatable bonds is 5. The minimum absolute atomic E-state index is 0.0485. The number of thioether (sulfide) groups is 1. The van der Waals surface area contributed by atoms with E-state index in [9.17, 15) is 4.79 Å². The zero-order chi connectivity index (χ0) is 14.7. The molecule has 3 aromatic rings. The fraction of sp³-hybridized carbons (Fsp3) is 0.154. The fourth-order valence-corrected chi connectivity index (χ4v) is 2.61. The van der Waals surface area contributed by atoms with E-state index in [1.807, 2.05) is 10.6 Å². The minimum Gasteiger partial charge on any atom is -0.481 e. The molecule has 0 aliphatic rings. The molecule has 21 heavy (non-hydrogen) atoms. The third kappa shape index (κ3) is 3.00. The van der Waals surface area contributed by atoms with E-state index in [0.29, 0.717) is 17.3 Å². The Labute approximate surface area is 124 Å². The SMILES string of the molecule is O=C(O)CSc1nc2cccnc2n1Cc1ccncn1. The molecule has 0 amide bonds. The van der Waals surface area contributed by atoms with Crippen molar-refractivity contribution in [1.29, 1.82) is 0 Å². The van der Waals surface area contributed by atoms with Gasteiger partial charge in [-0.05, 0) is 18.2 Å². The number of imidazole rings is 1. The van der Waals surface area contributed by atoms with Crippen LogP contribution in [-0.2, 0) is 11.3 Å². The maximum absolute atomic E-state index is 10.8. The number of nitrogens with zero attached hydrogens (tertiary/aromatic N) is 5. The first-order valence-corrected chi connectivity index (χ1v) is 7.13. The first-order valence-electron chi connectivity index (χ1n) is 6.15. The van der Waals surface area contributed by atoms with Gasteiger partial charge >= 0.3 is 5.97 Å². The topological polar surface area (TPSA) is 93.8 Å². The van der Waals surface area contributed by atoms with Crippen LogP contribution >= 0.6 is 11.8 Å². The Morgan fingerprint density at radius 1 is 1.29 bits per heavy atom. The summed E-state index contributed by atoms with van der Waals surface area (Å²) in [5.74, 6) is -0.929. The zero-order valence-corrected chi connectivity index (χ0v) is 11.7. The molecule has 3 aromatic heterocycles. The third-order valence-electron chi connectivity index (χ3n) is 2.76. The van der Waals surface area contributed by atoms with Crippen molar-refractivity contribution in [2.24, 2.45) is 0 Å². The molecule has 0 aliphatic heterocycles. The van der Waals surface area contributed by atoms with Gasteiger partial charge in [-0.25, -0.2) is 19.9 Å². The summed E-state index contributed by atoms with van der Waals surface area (Å²) in [7, 11) is 0. The summed E-state index contributed by atoms with van der Waals surface area (Å²) in [4.78, 5) is 27.6. The molecule has 0 saturated heterocycles. The number of carboxylic acids is 1. The van der Waals surface area contributed by atoms with Gasteiger partial charge in [0.05, 0.1) is 18.0 Å². The predicted octanol–water partition coefficient (Wildman–Crippen LogP) is 1.45. The quantitative estimate of drug-likeness (QED) is 0.713. The lowest BCUT2D eigenvalue weighted by atomic mass is 10.4. The number of hydrogen-bond acceptors (Lipinski definition) is 6. The Morgan fingerprint density at radius 2 is 2.19 bits per heavy atom. The van der Waals surface area contributed by atoms with Gasteiger partial charge in [0.15, 0.2) is 10.8 Å². The average Bonchev–Trinajstić information content (AvgIpc) is 2.84. The van der Waals surface area contributed by atoms with Crippen LogP contribution in [0, 0.1) is 0 Å². The van der Waals surface area contributed by atoms with E-state index in [4.69, 9.17) is 5.11 Å². The Hall–Kier alpha value is -2.48. The highest BCUT2D eigenvalue weighted by Gasteiger charge is 2.14. The molecule has 0 radical (unpaired) electrons. The van der Waals surface area contributed by atoms with Crippen molar-refractivity contribution in [1.82, 2.24) is 24.5 Å². The Bertz CT molecular complexity index is 775. The summed E-state index contributed by atoms with van der Waals surface area (Å²) in [5, 5.41) is 9.45. The smallest absolute Gasteiger partial charge is 0.313 e. The highest BCUT2D eigenvalue weighted by molar-refractivity contribution is 7.99. The van der Waals surface area contributed by atoms with E-state index in [1.54, 1.807) is 24.5 Å². The number of aliphatic carboxylic acids is 1. The summed E-state index contributed by atoms with van der Waals surface area (Å²) in [6, 6.07) is 5.46. The van der Waals surface area contributed by atoms with Gasteiger partial charge in [-0.1, -0.05) is 11.8 Å². The second-order valence-electron chi connectivity index (χ2n) is 4.21. The van der Waals surface area contributed by atoms with Crippen LogP contribution in [-0.4, -0.2) is 41.3 Å². The van der Waals surface area contributed by atoms with Crippen molar-refractivity contribution in [3.8, 4) is 0 Å². The predicted molar refractivity (Wildman–Crippen MR) is 77.0 cm³/mol. The molecule has 3 heterocycles. The van der Waals surface area contributed by atoms with Crippen LogP contribution in [0.3, 0.4) is 0 Å². The van der Waals surface area contributed by atoms with Gasteiger partial charge in [0.2, 0.25) is 0 Å². The molecule has 0 atom stereocenters. The van der Waals surface area contributed by atoms with Gasteiger partial charge in [-0.2, -0.15) is 0 Å². The number of carboxylic acid groups (broad SMARTS) is 1. The maximum atomic E-state index is 10.8. The second-order valence-corrected chi connectivity index (χ2v) is 5.15. The molecule has 0 fully saturated rings. The lowest BCUT2D eigenvalue weighted by Crippen LogP contribution is -2.06. The van der Waals surface area contributed by atoms with E-state index in [0.717, 1.165) is 11.2 Å². The molecule has 7 nitrogen and oxygen atoms in total. The van der Waals surface area contributed by atoms with Crippen LogP contribution in [0.5, 0.6) is 0 Å². The molecule has 8 heteroatoms. The third-order valence-corrected chi connectivity index (χ3v) is 3.72. The van der Waals surface area contributed by atoms with E-state index >= 15 is 0 Å². The number of aromatic nitrogens is 5. The van der Waals surface area contributed by atoms with Crippen molar-refractivity contribution in [3.63, 3.8) is 0 Å². The average molecular weight is 301 g/mol. The van der Waals surface area contributed by atoms with Crippen LogP contribution in [0.4, 0.5) is 0 Å². The van der Waals surface area contributed by atoms with Crippen molar-refractivity contribution in [3.05, 3.63) is 42.6 Å². The molecule has 0 saturated carbocycles. The zero-order valence-electron chi connectivity index (χ0n) is 10.9. The first-order chi connectivity index (χ1) is 10.2. The van der Waals surface area contributed by atoms with E-state index in [2.05, 4.69) is 19.9 Å². The highest BCUT2D eigenvalue weighted by Crippen LogP contribution is 2.23. The Balaban J connectivity index is 2.00. The summed E-state index contributed by atoms with van der Waals surface area (Å²) in [6.45, 7) is 0.470. The van der Waals surface area contributed by atoms with Crippen LogP contribution in [0.1, 0.15) is 5.69 Å². The van der Waals surface area contributed by atoms with Crippen LogP contribution in [0.25, 0.3) is 11.2 Å². The van der Waals surface area contributed by atoms with Crippen LogP contribution in [0.15, 0.2) is 42.1 Å². The standard InChI is InChI=1S/C13H11N5O2S/c19-11(20)7-21-13-17-10-2-1-4-15-12(10)18(13)6-9-3-5-14-8-16-9/h1-5,8H,6-7H2,(H,19,20). The molecular weight excluding hydrogens is 290 g/mol. The lowest BCUT2D eigenvalue weighted by molar-refractivity contribution is -0.133. The minimum atomic E-state index is -0.881. The number of fused-ring (bicyclic) bond motifs is 1. The molecule has 106 valence electrons. The summed E-state index contributed by atoms with van der Waals surface area (Å²) in [6.07, 6.45) is 4.83. The molecule has 0 aromatic carbocycles. The monoisotopic (exact) mass is 301 g/mol. The molecule has 1 N–H and O–H groups in total. The summed E-state index contributed by atoms with van der Waals surface area (Å²) < 4.78 is 1.87. The molecule has 3 rings (SSSR count). The maximum Gasteiger partial charge on any atom is 0.313 e. The van der Waals surface area contributed by atoms with Crippen LogP contribution in [0.2, 0.25) is 0 Å². The van der Waals surface area contributed by atoms with E-state index in [-0.39, 0.29) is 5.75 Å². The van der Waals surface area contributed by atoms with Crippen molar-refractivity contribution >= 4 is 28.9 Å². The molecule has 0 aliphatic carbocycles. The number of pyridine rings is 1. The highest BCUT2D eigenvalue weighted by atomic mass is 32.2. The van der Waals surface area contributed by atoms with Gasteiger partial charge < -0.3 is 5.11 Å². The van der Waals surface area contributed by atoms with Crippen molar-refractivity contribution < 1.29 is 9.90 Å². The Kier molecular flexibility index (Phi) is 3.78. The molecule has 0 unspecified atom stereocenters. The summed E-state index contributed by atoms with van der Waals surface area (Å²) >= 11 is 1.17. The molecule has 0 spiro atoms. The van der Waals surface area contributed by atoms with Gasteiger partial charge in [-0.3, -0.25) is 9.36 Å². The van der Waals surface area contributed by atoms with E-state index in [1.165, 1.54) is 18.1 Å². The lowest BCUT2D eigenvalue weighted by Gasteiger charge is -2.06. The van der Waals surface area contributed by atoms with E-state index < -0.39 is 5.97 Å². The number of hydrogen-bond donors (Lipinski definition) is 1. The van der Waals surface area contributed by atoms with Gasteiger partial charge in [0.25, 0.3) is 0 Å². The van der Waals surface area contributed by atoms with Gasteiger partial charge in [0, 0.05) is 12.4 Å². The largest absolute Gasteiger partial charge is 0.481 e.